The number of hydrogen-bond acceptors (Lipinski definition) is 5. The van der Waals surface area contributed by atoms with Crippen molar-refractivity contribution in [1.29, 1.82) is 0 Å². The number of aromatic nitrogens is 2. The summed E-state index contributed by atoms with van der Waals surface area (Å²) in [6, 6.07) is 7.96. The maximum Gasteiger partial charge on any atom is 0.276 e. The zero-order valence-corrected chi connectivity index (χ0v) is 10.8. The molecule has 0 bridgehead atoms. The molecular formula is C12H11ClN4O2. The fraction of sp³-hybridized carbons (Fsp3) is 0.167. The van der Waals surface area contributed by atoms with Gasteiger partial charge in [0.1, 0.15) is 11.0 Å². The lowest BCUT2D eigenvalue weighted by molar-refractivity contribution is -0.384. The Morgan fingerprint density at radius 1 is 1.42 bits per heavy atom. The molecule has 0 aliphatic rings. The Morgan fingerprint density at radius 3 is 2.84 bits per heavy atom. The lowest BCUT2D eigenvalue weighted by Gasteiger charge is -2.13. The molecule has 2 rings (SSSR count). The SMILES string of the molecule is CC(Nc1cc([N+](=O)[O-])cc(Cl)n1)c1ccccn1. The number of nitrogens with one attached hydrogen (secondary N) is 1. The highest BCUT2D eigenvalue weighted by Crippen LogP contribution is 2.23. The van der Waals surface area contributed by atoms with Gasteiger partial charge in [0, 0.05) is 6.20 Å². The van der Waals surface area contributed by atoms with Crippen LogP contribution in [0.5, 0.6) is 0 Å². The Balaban J connectivity index is 2.21. The van der Waals surface area contributed by atoms with E-state index < -0.39 is 4.92 Å². The molecule has 19 heavy (non-hydrogen) atoms. The van der Waals surface area contributed by atoms with Crippen LogP contribution in [0.2, 0.25) is 5.15 Å². The first-order valence-electron chi connectivity index (χ1n) is 5.55. The molecule has 1 atom stereocenters. The van der Waals surface area contributed by atoms with Gasteiger partial charge in [-0.05, 0) is 19.1 Å². The Bertz CT molecular complexity index is 592. The molecule has 7 heteroatoms. The first-order valence-corrected chi connectivity index (χ1v) is 5.93. The Morgan fingerprint density at radius 2 is 2.21 bits per heavy atom. The molecule has 0 saturated carbocycles. The van der Waals surface area contributed by atoms with E-state index in [4.69, 9.17) is 11.6 Å². The van der Waals surface area contributed by atoms with Crippen LogP contribution >= 0.6 is 11.6 Å². The zero-order chi connectivity index (χ0) is 13.8. The van der Waals surface area contributed by atoms with Crippen LogP contribution in [0.15, 0.2) is 36.5 Å². The van der Waals surface area contributed by atoms with Gasteiger partial charge >= 0.3 is 0 Å². The second kappa shape index (κ2) is 5.62. The van der Waals surface area contributed by atoms with Gasteiger partial charge < -0.3 is 5.32 Å². The van der Waals surface area contributed by atoms with Crippen molar-refractivity contribution in [2.75, 3.05) is 5.32 Å². The molecule has 98 valence electrons. The predicted molar refractivity (Wildman–Crippen MR) is 72.2 cm³/mol. The molecule has 2 aromatic rings. The highest BCUT2D eigenvalue weighted by Gasteiger charge is 2.13. The van der Waals surface area contributed by atoms with Crippen LogP contribution in [0.3, 0.4) is 0 Å². The molecule has 1 unspecified atom stereocenters. The van der Waals surface area contributed by atoms with Crippen LogP contribution in [-0.4, -0.2) is 14.9 Å². The third-order valence-electron chi connectivity index (χ3n) is 2.49. The first kappa shape index (κ1) is 13.2. The van der Waals surface area contributed by atoms with Gasteiger partial charge in [-0.15, -0.1) is 0 Å². The van der Waals surface area contributed by atoms with Gasteiger partial charge in [0.05, 0.1) is 28.8 Å². The van der Waals surface area contributed by atoms with E-state index in [-0.39, 0.29) is 16.9 Å². The smallest absolute Gasteiger partial charge is 0.276 e. The minimum atomic E-state index is -0.510. The van der Waals surface area contributed by atoms with Crippen molar-refractivity contribution < 1.29 is 4.92 Å². The van der Waals surface area contributed by atoms with Crippen molar-refractivity contribution in [3.63, 3.8) is 0 Å². The van der Waals surface area contributed by atoms with E-state index in [2.05, 4.69) is 15.3 Å². The average Bonchev–Trinajstić information content (AvgIpc) is 2.39. The summed E-state index contributed by atoms with van der Waals surface area (Å²) in [4.78, 5) is 18.4. The fourth-order valence-electron chi connectivity index (χ4n) is 1.59. The molecule has 6 nitrogen and oxygen atoms in total. The highest BCUT2D eigenvalue weighted by molar-refractivity contribution is 6.29. The Kier molecular flexibility index (Phi) is 3.91. The monoisotopic (exact) mass is 278 g/mol. The number of pyridine rings is 2. The van der Waals surface area contributed by atoms with Crippen molar-refractivity contribution in [2.45, 2.75) is 13.0 Å². The summed E-state index contributed by atoms with van der Waals surface area (Å²) in [5.41, 5.74) is 0.711. The van der Waals surface area contributed by atoms with Crippen LogP contribution < -0.4 is 5.32 Å². The van der Waals surface area contributed by atoms with Crippen LogP contribution in [0.25, 0.3) is 0 Å². The minimum Gasteiger partial charge on any atom is -0.362 e. The summed E-state index contributed by atoms with van der Waals surface area (Å²) in [6.45, 7) is 1.89. The summed E-state index contributed by atoms with van der Waals surface area (Å²) in [5, 5.41) is 13.8. The summed E-state index contributed by atoms with van der Waals surface area (Å²) < 4.78 is 0. The molecule has 0 fully saturated rings. The molecule has 0 saturated heterocycles. The van der Waals surface area contributed by atoms with Crippen LogP contribution in [-0.2, 0) is 0 Å². The summed E-state index contributed by atoms with van der Waals surface area (Å²) in [5.74, 6) is 0.345. The Labute approximate surface area is 114 Å². The summed E-state index contributed by atoms with van der Waals surface area (Å²) in [7, 11) is 0. The van der Waals surface area contributed by atoms with E-state index in [0.717, 1.165) is 5.69 Å². The number of nitro groups is 1. The standard InChI is InChI=1S/C12H11ClN4O2/c1-8(10-4-2-3-5-14-10)15-12-7-9(17(18)19)6-11(13)16-12/h2-8H,1H3,(H,15,16). The third kappa shape index (κ3) is 3.38. The van der Waals surface area contributed by atoms with Crippen LogP contribution in [0, 0.1) is 10.1 Å². The molecule has 0 aliphatic carbocycles. The van der Waals surface area contributed by atoms with Crippen molar-refractivity contribution in [2.24, 2.45) is 0 Å². The Hall–Kier alpha value is -2.21. The number of hydrogen-bond donors (Lipinski definition) is 1. The normalized spacial score (nSPS) is 11.9. The predicted octanol–water partition coefficient (Wildman–Crippen LogP) is 3.21. The second-order valence-corrected chi connectivity index (χ2v) is 4.30. The quantitative estimate of drug-likeness (QED) is 0.527. The van der Waals surface area contributed by atoms with E-state index in [1.165, 1.54) is 12.1 Å². The van der Waals surface area contributed by atoms with E-state index in [9.17, 15) is 10.1 Å². The zero-order valence-electron chi connectivity index (χ0n) is 10.1. The first-order chi connectivity index (χ1) is 9.06. The van der Waals surface area contributed by atoms with Gasteiger partial charge in [-0.25, -0.2) is 4.98 Å². The van der Waals surface area contributed by atoms with Gasteiger partial charge in [0.2, 0.25) is 0 Å². The lowest BCUT2D eigenvalue weighted by atomic mass is 10.2. The maximum atomic E-state index is 10.7. The van der Waals surface area contributed by atoms with Gasteiger partial charge in [-0.2, -0.15) is 0 Å². The molecular weight excluding hydrogens is 268 g/mol. The van der Waals surface area contributed by atoms with Crippen molar-refractivity contribution in [1.82, 2.24) is 9.97 Å². The number of anilines is 1. The molecule has 2 heterocycles. The number of rotatable bonds is 4. The molecule has 0 radical (unpaired) electrons. The average molecular weight is 279 g/mol. The van der Waals surface area contributed by atoms with Gasteiger partial charge in [0.15, 0.2) is 0 Å². The van der Waals surface area contributed by atoms with Crippen molar-refractivity contribution in [3.05, 3.63) is 57.5 Å². The molecule has 0 amide bonds. The lowest BCUT2D eigenvalue weighted by Crippen LogP contribution is -2.09. The molecule has 0 spiro atoms. The van der Waals surface area contributed by atoms with E-state index in [0.29, 0.717) is 5.82 Å². The fourth-order valence-corrected chi connectivity index (χ4v) is 1.79. The van der Waals surface area contributed by atoms with E-state index in [1.54, 1.807) is 6.20 Å². The number of nitrogens with zero attached hydrogens (tertiary/aromatic N) is 3. The highest BCUT2D eigenvalue weighted by atomic mass is 35.5. The van der Waals surface area contributed by atoms with E-state index in [1.807, 2.05) is 25.1 Å². The summed E-state index contributed by atoms with van der Waals surface area (Å²) in [6.07, 6.45) is 1.68. The molecule has 1 N–H and O–H groups in total. The third-order valence-corrected chi connectivity index (χ3v) is 2.68. The van der Waals surface area contributed by atoms with Crippen LogP contribution in [0.4, 0.5) is 11.5 Å². The molecule has 0 aliphatic heterocycles. The maximum absolute atomic E-state index is 10.7. The number of halogens is 1. The second-order valence-electron chi connectivity index (χ2n) is 3.91. The van der Waals surface area contributed by atoms with Crippen molar-refractivity contribution in [3.8, 4) is 0 Å². The molecule has 2 aromatic heterocycles. The molecule has 0 aromatic carbocycles. The van der Waals surface area contributed by atoms with Crippen LogP contribution in [0.1, 0.15) is 18.7 Å². The van der Waals surface area contributed by atoms with Crippen molar-refractivity contribution >= 4 is 23.1 Å². The summed E-state index contributed by atoms with van der Waals surface area (Å²) >= 11 is 5.75. The largest absolute Gasteiger partial charge is 0.362 e. The minimum absolute atomic E-state index is 0.0740. The topological polar surface area (TPSA) is 81.0 Å². The van der Waals surface area contributed by atoms with E-state index >= 15 is 0 Å². The van der Waals surface area contributed by atoms with Gasteiger partial charge in [-0.1, -0.05) is 17.7 Å². The van der Waals surface area contributed by atoms with Gasteiger partial charge in [-0.3, -0.25) is 15.1 Å². The van der Waals surface area contributed by atoms with Gasteiger partial charge in [0.25, 0.3) is 5.69 Å².